The third-order valence-electron chi connectivity index (χ3n) is 3.26. The first kappa shape index (κ1) is 14.6. The molecule has 1 amide bonds. The smallest absolute Gasteiger partial charge is 0.251 e. The molecule has 2 aromatic rings. The Morgan fingerprint density at radius 2 is 1.95 bits per heavy atom. The fourth-order valence-corrected chi connectivity index (χ4v) is 2.36. The van der Waals surface area contributed by atoms with Crippen LogP contribution in [0.5, 0.6) is 0 Å². The van der Waals surface area contributed by atoms with E-state index in [1.54, 1.807) is 18.2 Å². The van der Waals surface area contributed by atoms with Crippen molar-refractivity contribution in [2.75, 3.05) is 5.73 Å². The molecule has 3 nitrogen and oxygen atoms in total. The Kier molecular flexibility index (Phi) is 4.45. The van der Waals surface area contributed by atoms with Gasteiger partial charge in [0.25, 0.3) is 5.91 Å². The molecule has 2 aromatic carbocycles. The second-order valence-corrected chi connectivity index (χ2v) is 5.64. The van der Waals surface area contributed by atoms with Crippen LogP contribution in [0.1, 0.15) is 34.5 Å². The molecule has 104 valence electrons. The molecule has 0 radical (unpaired) electrons. The number of hydrogen-bond donors (Lipinski definition) is 2. The summed E-state index contributed by atoms with van der Waals surface area (Å²) in [5.41, 5.74) is 9.19. The summed E-state index contributed by atoms with van der Waals surface area (Å²) in [7, 11) is 0. The molecule has 0 spiro atoms. The summed E-state index contributed by atoms with van der Waals surface area (Å²) in [5, 5.41) is 2.99. The summed E-state index contributed by atoms with van der Waals surface area (Å²) in [6.45, 7) is 4.01. The summed E-state index contributed by atoms with van der Waals surface area (Å²) >= 11 is 3.32. The zero-order valence-electron chi connectivity index (χ0n) is 11.5. The molecule has 0 aliphatic carbocycles. The van der Waals surface area contributed by atoms with Gasteiger partial charge < -0.3 is 11.1 Å². The van der Waals surface area contributed by atoms with Gasteiger partial charge in [-0.3, -0.25) is 4.79 Å². The van der Waals surface area contributed by atoms with E-state index in [0.717, 1.165) is 15.6 Å². The quantitative estimate of drug-likeness (QED) is 0.839. The molecule has 0 saturated heterocycles. The zero-order valence-corrected chi connectivity index (χ0v) is 13.1. The lowest BCUT2D eigenvalue weighted by molar-refractivity contribution is 0.0940. The first-order valence-corrected chi connectivity index (χ1v) is 7.19. The van der Waals surface area contributed by atoms with Crippen LogP contribution < -0.4 is 11.1 Å². The maximum atomic E-state index is 12.2. The van der Waals surface area contributed by atoms with Gasteiger partial charge in [-0.05, 0) is 59.1 Å². The number of aryl methyl sites for hydroxylation is 1. The molecule has 4 heteroatoms. The molecule has 0 aliphatic rings. The van der Waals surface area contributed by atoms with E-state index in [-0.39, 0.29) is 11.9 Å². The number of nitrogen functional groups attached to an aromatic ring is 1. The van der Waals surface area contributed by atoms with Gasteiger partial charge in [0.15, 0.2) is 0 Å². The topological polar surface area (TPSA) is 55.1 Å². The first-order valence-electron chi connectivity index (χ1n) is 6.40. The Bertz CT molecular complexity index is 640. The molecule has 20 heavy (non-hydrogen) atoms. The number of carbonyl (C=O) groups is 1. The summed E-state index contributed by atoms with van der Waals surface area (Å²) < 4.78 is 0.793. The maximum absolute atomic E-state index is 12.2. The highest BCUT2D eigenvalue weighted by Gasteiger charge is 2.13. The molecule has 0 heterocycles. The minimum Gasteiger partial charge on any atom is -0.398 e. The number of benzene rings is 2. The van der Waals surface area contributed by atoms with Crippen molar-refractivity contribution in [2.45, 2.75) is 19.9 Å². The third kappa shape index (κ3) is 3.20. The van der Waals surface area contributed by atoms with E-state index in [2.05, 4.69) is 21.2 Å². The minimum atomic E-state index is -0.125. The van der Waals surface area contributed by atoms with Crippen molar-refractivity contribution in [1.29, 1.82) is 0 Å². The van der Waals surface area contributed by atoms with Crippen LogP contribution in [0.3, 0.4) is 0 Å². The second kappa shape index (κ2) is 6.09. The van der Waals surface area contributed by atoms with Crippen LogP contribution in [0, 0.1) is 6.92 Å². The first-order chi connectivity index (χ1) is 9.49. The molecule has 1 atom stereocenters. The molecule has 0 aliphatic heterocycles. The highest BCUT2D eigenvalue weighted by Crippen LogP contribution is 2.21. The fraction of sp³-hybridized carbons (Fsp3) is 0.188. The van der Waals surface area contributed by atoms with Gasteiger partial charge in [-0.25, -0.2) is 0 Å². The highest BCUT2D eigenvalue weighted by atomic mass is 79.9. The molecule has 2 rings (SSSR count). The number of anilines is 1. The lowest BCUT2D eigenvalue weighted by Crippen LogP contribution is -2.27. The number of hydrogen-bond acceptors (Lipinski definition) is 2. The SMILES string of the molecule is Cc1ccccc1C(C)NC(=O)c1ccc(Br)c(N)c1. The van der Waals surface area contributed by atoms with Crippen molar-refractivity contribution < 1.29 is 4.79 Å². The Labute approximate surface area is 127 Å². The number of carbonyl (C=O) groups excluding carboxylic acids is 1. The summed E-state index contributed by atoms with van der Waals surface area (Å²) in [5.74, 6) is -0.125. The van der Waals surface area contributed by atoms with E-state index < -0.39 is 0 Å². The molecule has 0 bridgehead atoms. The molecular weight excluding hydrogens is 316 g/mol. The van der Waals surface area contributed by atoms with Gasteiger partial charge in [-0.2, -0.15) is 0 Å². The van der Waals surface area contributed by atoms with Gasteiger partial charge in [-0.15, -0.1) is 0 Å². The van der Waals surface area contributed by atoms with Crippen molar-refractivity contribution in [3.8, 4) is 0 Å². The number of nitrogens with one attached hydrogen (secondary N) is 1. The van der Waals surface area contributed by atoms with Crippen molar-refractivity contribution in [3.63, 3.8) is 0 Å². The maximum Gasteiger partial charge on any atom is 0.251 e. The van der Waals surface area contributed by atoms with Gasteiger partial charge in [0.1, 0.15) is 0 Å². The zero-order chi connectivity index (χ0) is 14.7. The molecule has 0 fully saturated rings. The number of rotatable bonds is 3. The third-order valence-corrected chi connectivity index (χ3v) is 3.98. The molecule has 1 unspecified atom stereocenters. The van der Waals surface area contributed by atoms with E-state index in [0.29, 0.717) is 11.3 Å². The van der Waals surface area contributed by atoms with Crippen LogP contribution in [0.2, 0.25) is 0 Å². The normalized spacial score (nSPS) is 11.9. The second-order valence-electron chi connectivity index (χ2n) is 4.79. The minimum absolute atomic E-state index is 0.0476. The lowest BCUT2D eigenvalue weighted by atomic mass is 10.0. The van der Waals surface area contributed by atoms with E-state index >= 15 is 0 Å². The average molecular weight is 333 g/mol. The molecule has 3 N–H and O–H groups in total. The standard InChI is InChI=1S/C16H17BrN2O/c1-10-5-3-4-6-13(10)11(2)19-16(20)12-7-8-14(17)15(18)9-12/h3-9,11H,18H2,1-2H3,(H,19,20). The van der Waals surface area contributed by atoms with Crippen LogP contribution >= 0.6 is 15.9 Å². The highest BCUT2D eigenvalue weighted by molar-refractivity contribution is 9.10. The number of nitrogens with two attached hydrogens (primary N) is 1. The predicted octanol–water partition coefficient (Wildman–Crippen LogP) is 3.83. The van der Waals surface area contributed by atoms with Crippen molar-refractivity contribution >= 4 is 27.5 Å². The van der Waals surface area contributed by atoms with Crippen molar-refractivity contribution in [3.05, 3.63) is 63.6 Å². The van der Waals surface area contributed by atoms with E-state index in [1.807, 2.05) is 38.1 Å². The lowest BCUT2D eigenvalue weighted by Gasteiger charge is -2.16. The Morgan fingerprint density at radius 1 is 1.25 bits per heavy atom. The average Bonchev–Trinajstić information content (AvgIpc) is 2.42. The number of amides is 1. The summed E-state index contributed by atoms with van der Waals surface area (Å²) in [6.07, 6.45) is 0. The number of halogens is 1. The van der Waals surface area contributed by atoms with Crippen LogP contribution in [-0.4, -0.2) is 5.91 Å². The van der Waals surface area contributed by atoms with Gasteiger partial charge in [0, 0.05) is 15.7 Å². The molecule has 0 aromatic heterocycles. The van der Waals surface area contributed by atoms with Gasteiger partial charge in [0.2, 0.25) is 0 Å². The Hall–Kier alpha value is -1.81. The molecular formula is C16H17BrN2O. The van der Waals surface area contributed by atoms with Crippen molar-refractivity contribution in [2.24, 2.45) is 0 Å². The van der Waals surface area contributed by atoms with Crippen LogP contribution in [0.15, 0.2) is 46.9 Å². The predicted molar refractivity (Wildman–Crippen MR) is 85.6 cm³/mol. The van der Waals surface area contributed by atoms with E-state index in [9.17, 15) is 4.79 Å². The van der Waals surface area contributed by atoms with E-state index in [1.165, 1.54) is 0 Å². The van der Waals surface area contributed by atoms with Gasteiger partial charge in [0.05, 0.1) is 6.04 Å². The van der Waals surface area contributed by atoms with Gasteiger partial charge in [-0.1, -0.05) is 24.3 Å². The molecule has 0 saturated carbocycles. The van der Waals surface area contributed by atoms with E-state index in [4.69, 9.17) is 5.73 Å². The monoisotopic (exact) mass is 332 g/mol. The van der Waals surface area contributed by atoms with Crippen molar-refractivity contribution in [1.82, 2.24) is 5.32 Å². The Balaban J connectivity index is 2.15. The summed E-state index contributed by atoms with van der Waals surface area (Å²) in [6, 6.07) is 13.2. The largest absolute Gasteiger partial charge is 0.398 e. The van der Waals surface area contributed by atoms with Gasteiger partial charge >= 0.3 is 0 Å². The van der Waals surface area contributed by atoms with Crippen LogP contribution in [-0.2, 0) is 0 Å². The van der Waals surface area contributed by atoms with Crippen LogP contribution in [0.4, 0.5) is 5.69 Å². The fourth-order valence-electron chi connectivity index (χ4n) is 2.12. The summed E-state index contributed by atoms with van der Waals surface area (Å²) in [4.78, 5) is 12.2. The Morgan fingerprint density at radius 3 is 2.60 bits per heavy atom. The van der Waals surface area contributed by atoms with Crippen LogP contribution in [0.25, 0.3) is 0 Å².